The zero-order chi connectivity index (χ0) is 19.1. The first-order chi connectivity index (χ1) is 12.5. The number of ether oxygens (including phenoxy) is 1. The molecule has 0 aromatic heterocycles. The van der Waals surface area contributed by atoms with E-state index in [4.69, 9.17) is 10.5 Å². The number of nitrogens with zero attached hydrogens (tertiary/aromatic N) is 1. The molecule has 0 saturated heterocycles. The van der Waals surface area contributed by atoms with E-state index < -0.39 is 17.8 Å². The highest BCUT2D eigenvalue weighted by Crippen LogP contribution is 2.40. The van der Waals surface area contributed by atoms with E-state index in [9.17, 15) is 14.9 Å². The third-order valence-corrected chi connectivity index (χ3v) is 4.73. The second kappa shape index (κ2) is 8.92. The molecule has 2 rings (SSSR count). The molecular formula is C19H19N3O3S. The highest BCUT2D eigenvalue weighted by atomic mass is 32.2. The normalized spacial score (nSPS) is 16.5. The van der Waals surface area contributed by atoms with Gasteiger partial charge in [0.25, 0.3) is 0 Å². The first-order valence-corrected chi connectivity index (χ1v) is 8.84. The molecule has 0 radical (unpaired) electrons. The van der Waals surface area contributed by atoms with Crippen molar-refractivity contribution in [2.45, 2.75) is 12.8 Å². The van der Waals surface area contributed by atoms with Gasteiger partial charge in [0.2, 0.25) is 5.91 Å². The SMILES string of the molecule is C=CCOC(=O)C1=C(C)NC(SCC(N)=O)=C(C#N)[C@@H]1c1ccccc1. The molecule has 0 spiro atoms. The van der Waals surface area contributed by atoms with Gasteiger partial charge in [-0.2, -0.15) is 5.26 Å². The summed E-state index contributed by atoms with van der Waals surface area (Å²) in [6.45, 7) is 5.35. The molecule has 1 aromatic carbocycles. The van der Waals surface area contributed by atoms with Gasteiger partial charge in [0.05, 0.1) is 33.9 Å². The number of allylic oxidation sites excluding steroid dienone is 2. The van der Waals surface area contributed by atoms with Crippen LogP contribution in [0.3, 0.4) is 0 Å². The molecule has 1 atom stereocenters. The Hall–Kier alpha value is -2.98. The number of thioether (sulfide) groups is 1. The number of primary amides is 1. The van der Waals surface area contributed by atoms with Crippen molar-refractivity contribution in [2.75, 3.05) is 12.4 Å². The minimum absolute atomic E-state index is 0.0263. The maximum absolute atomic E-state index is 12.6. The molecule has 6 nitrogen and oxygen atoms in total. The van der Waals surface area contributed by atoms with Crippen molar-refractivity contribution in [1.29, 1.82) is 5.26 Å². The van der Waals surface area contributed by atoms with Gasteiger partial charge in [0, 0.05) is 5.70 Å². The van der Waals surface area contributed by atoms with E-state index in [1.54, 1.807) is 6.92 Å². The van der Waals surface area contributed by atoms with Crippen LogP contribution in [-0.2, 0) is 14.3 Å². The lowest BCUT2D eigenvalue weighted by molar-refractivity contribution is -0.138. The number of rotatable bonds is 7. The summed E-state index contributed by atoms with van der Waals surface area (Å²) in [5.41, 5.74) is 7.28. The number of carbonyl (C=O) groups excluding carboxylic acids is 2. The van der Waals surface area contributed by atoms with Crippen LogP contribution in [0.5, 0.6) is 0 Å². The van der Waals surface area contributed by atoms with E-state index in [0.717, 1.165) is 17.3 Å². The molecule has 0 bridgehead atoms. The first kappa shape index (κ1) is 19.3. The first-order valence-electron chi connectivity index (χ1n) is 7.85. The standard InChI is InChI=1S/C19H19N3O3S/c1-3-9-25-19(24)16-12(2)22-18(26-11-15(21)23)14(10-20)17(16)13-7-5-4-6-8-13/h3-8,17,22H,1,9,11H2,2H3,(H2,21,23)/t17-/m0/s1. The van der Waals surface area contributed by atoms with Gasteiger partial charge in [-0.3, -0.25) is 4.79 Å². The van der Waals surface area contributed by atoms with Gasteiger partial charge in [-0.1, -0.05) is 54.7 Å². The summed E-state index contributed by atoms with van der Waals surface area (Å²) in [5.74, 6) is -1.57. The summed E-state index contributed by atoms with van der Waals surface area (Å²) in [7, 11) is 0. The predicted molar refractivity (Wildman–Crippen MR) is 100 cm³/mol. The Labute approximate surface area is 156 Å². The van der Waals surface area contributed by atoms with Crippen LogP contribution in [0.25, 0.3) is 0 Å². The second-order valence-corrected chi connectivity index (χ2v) is 6.49. The van der Waals surface area contributed by atoms with Gasteiger partial charge < -0.3 is 15.8 Å². The molecule has 134 valence electrons. The van der Waals surface area contributed by atoms with E-state index in [1.807, 2.05) is 30.3 Å². The van der Waals surface area contributed by atoms with E-state index in [1.165, 1.54) is 6.08 Å². The molecule has 26 heavy (non-hydrogen) atoms. The minimum Gasteiger partial charge on any atom is -0.458 e. The average Bonchev–Trinajstić information content (AvgIpc) is 2.64. The Morgan fingerprint density at radius 2 is 2.12 bits per heavy atom. The molecule has 0 unspecified atom stereocenters. The molecule has 3 N–H and O–H groups in total. The van der Waals surface area contributed by atoms with Crippen LogP contribution in [0.1, 0.15) is 18.4 Å². The summed E-state index contributed by atoms with van der Waals surface area (Å²) in [4.78, 5) is 23.7. The van der Waals surface area contributed by atoms with Gasteiger partial charge >= 0.3 is 5.97 Å². The predicted octanol–water partition coefficient (Wildman–Crippen LogP) is 2.33. The number of amides is 1. The summed E-state index contributed by atoms with van der Waals surface area (Å²) < 4.78 is 5.21. The van der Waals surface area contributed by atoms with Crippen LogP contribution in [0.2, 0.25) is 0 Å². The van der Waals surface area contributed by atoms with Crippen LogP contribution in [-0.4, -0.2) is 24.2 Å². The minimum atomic E-state index is -0.588. The van der Waals surface area contributed by atoms with Gasteiger partial charge in [0.15, 0.2) is 0 Å². The molecule has 7 heteroatoms. The van der Waals surface area contributed by atoms with Crippen molar-refractivity contribution < 1.29 is 14.3 Å². The van der Waals surface area contributed by atoms with Gasteiger partial charge in [-0.15, -0.1) is 0 Å². The fourth-order valence-corrected chi connectivity index (χ4v) is 3.46. The van der Waals surface area contributed by atoms with Crippen LogP contribution >= 0.6 is 11.8 Å². The summed E-state index contributed by atoms with van der Waals surface area (Å²) in [6, 6.07) is 11.4. The van der Waals surface area contributed by atoms with E-state index in [0.29, 0.717) is 21.9 Å². The lowest BCUT2D eigenvalue weighted by Gasteiger charge is -2.29. The van der Waals surface area contributed by atoms with Crippen molar-refractivity contribution in [3.05, 3.63) is 70.4 Å². The lowest BCUT2D eigenvalue weighted by Crippen LogP contribution is -2.29. The number of carbonyl (C=O) groups is 2. The zero-order valence-electron chi connectivity index (χ0n) is 14.3. The van der Waals surface area contributed by atoms with Gasteiger partial charge in [-0.05, 0) is 12.5 Å². The van der Waals surface area contributed by atoms with Crippen LogP contribution < -0.4 is 11.1 Å². The zero-order valence-corrected chi connectivity index (χ0v) is 15.1. The smallest absolute Gasteiger partial charge is 0.337 e. The summed E-state index contributed by atoms with van der Waals surface area (Å²) in [5, 5.41) is 13.3. The molecule has 1 aromatic rings. The Bertz CT molecular complexity index is 822. The van der Waals surface area contributed by atoms with Crippen molar-refractivity contribution in [2.24, 2.45) is 5.73 Å². The number of nitrogens with two attached hydrogens (primary N) is 1. The summed E-state index contributed by atoms with van der Waals surface area (Å²) >= 11 is 1.14. The highest BCUT2D eigenvalue weighted by Gasteiger charge is 2.35. The molecule has 1 heterocycles. The quantitative estimate of drug-likeness (QED) is 0.564. The second-order valence-electron chi connectivity index (χ2n) is 5.50. The van der Waals surface area contributed by atoms with Crippen LogP contribution in [0.4, 0.5) is 0 Å². The van der Waals surface area contributed by atoms with Crippen molar-refractivity contribution in [3.8, 4) is 6.07 Å². The third-order valence-electron chi connectivity index (χ3n) is 3.69. The molecular weight excluding hydrogens is 350 g/mol. The molecule has 0 saturated carbocycles. The fraction of sp³-hybridized carbons (Fsp3) is 0.211. The van der Waals surface area contributed by atoms with Crippen molar-refractivity contribution in [3.63, 3.8) is 0 Å². The Morgan fingerprint density at radius 3 is 2.69 bits per heavy atom. The number of benzene rings is 1. The number of dihydropyridines is 1. The Balaban J connectivity index is 2.53. The van der Waals surface area contributed by atoms with Crippen LogP contribution in [0, 0.1) is 11.3 Å². The molecule has 0 aliphatic carbocycles. The number of hydrogen-bond acceptors (Lipinski definition) is 6. The number of nitriles is 1. The number of nitrogens with one attached hydrogen (secondary N) is 1. The lowest BCUT2D eigenvalue weighted by atomic mass is 9.82. The third kappa shape index (κ3) is 4.35. The topological polar surface area (TPSA) is 105 Å². The van der Waals surface area contributed by atoms with E-state index >= 15 is 0 Å². The van der Waals surface area contributed by atoms with Gasteiger partial charge in [-0.25, -0.2) is 4.79 Å². The maximum Gasteiger partial charge on any atom is 0.337 e. The number of hydrogen-bond donors (Lipinski definition) is 2. The monoisotopic (exact) mass is 369 g/mol. The summed E-state index contributed by atoms with van der Waals surface area (Å²) in [6.07, 6.45) is 1.48. The Kier molecular flexibility index (Phi) is 6.64. The van der Waals surface area contributed by atoms with Crippen molar-refractivity contribution in [1.82, 2.24) is 5.32 Å². The fourth-order valence-electron chi connectivity index (χ4n) is 2.63. The maximum atomic E-state index is 12.6. The van der Waals surface area contributed by atoms with Crippen molar-refractivity contribution >= 4 is 23.6 Å². The molecule has 1 aliphatic rings. The van der Waals surface area contributed by atoms with Gasteiger partial charge in [0.1, 0.15) is 6.61 Å². The highest BCUT2D eigenvalue weighted by molar-refractivity contribution is 8.03. The molecule has 0 fully saturated rings. The average molecular weight is 369 g/mol. The molecule has 1 amide bonds. The van der Waals surface area contributed by atoms with E-state index in [-0.39, 0.29) is 12.4 Å². The molecule has 1 aliphatic heterocycles. The number of esters is 1. The van der Waals surface area contributed by atoms with E-state index in [2.05, 4.69) is 18.0 Å². The largest absolute Gasteiger partial charge is 0.458 e. The Morgan fingerprint density at radius 1 is 1.42 bits per heavy atom. The van der Waals surface area contributed by atoms with Crippen LogP contribution in [0.15, 0.2) is 64.9 Å².